The number of aliphatic hydroxyl groups is 1. The summed E-state index contributed by atoms with van der Waals surface area (Å²) in [4.78, 5) is 12.6. The van der Waals surface area contributed by atoms with Crippen LogP contribution in [0.5, 0.6) is 17.2 Å². The van der Waals surface area contributed by atoms with Crippen molar-refractivity contribution in [3.8, 4) is 17.2 Å². The monoisotopic (exact) mass is 484 g/mol. The molecule has 0 bridgehead atoms. The van der Waals surface area contributed by atoms with Crippen molar-refractivity contribution in [3.05, 3.63) is 35.7 Å². The maximum absolute atomic E-state index is 12.7. The van der Waals surface area contributed by atoms with E-state index in [0.717, 1.165) is 11.3 Å². The number of benzene rings is 1. The summed E-state index contributed by atoms with van der Waals surface area (Å²) in [6.07, 6.45) is 0.220. The number of hydrogen-bond acceptors (Lipinski definition) is 8. The molecule has 0 spiro atoms. The van der Waals surface area contributed by atoms with Gasteiger partial charge in [-0.15, -0.1) is 11.3 Å². The molecule has 0 aliphatic carbocycles. The summed E-state index contributed by atoms with van der Waals surface area (Å²) in [5.74, 6) is 0.542. The number of thiophene rings is 1. The molecular formula is C21H28N2O7S2. The van der Waals surface area contributed by atoms with Crippen LogP contribution in [0.15, 0.2) is 39.9 Å². The Morgan fingerprint density at radius 1 is 1.25 bits per heavy atom. The Hall–Kier alpha value is -2.34. The lowest BCUT2D eigenvalue weighted by atomic mass is 9.99. The van der Waals surface area contributed by atoms with Gasteiger partial charge in [-0.2, -0.15) is 4.31 Å². The minimum absolute atomic E-state index is 0.0233. The van der Waals surface area contributed by atoms with Gasteiger partial charge in [0.05, 0.1) is 20.1 Å². The number of methoxy groups -OCH3 is 2. The largest absolute Gasteiger partial charge is 0.493 e. The first-order chi connectivity index (χ1) is 15.4. The van der Waals surface area contributed by atoms with Gasteiger partial charge >= 0.3 is 0 Å². The van der Waals surface area contributed by atoms with Crippen LogP contribution in [0.4, 0.5) is 0 Å². The fourth-order valence-corrected chi connectivity index (χ4v) is 6.14. The predicted octanol–water partition coefficient (Wildman–Crippen LogP) is 1.72. The van der Waals surface area contributed by atoms with Gasteiger partial charge < -0.3 is 24.6 Å². The quantitative estimate of drug-likeness (QED) is 0.528. The summed E-state index contributed by atoms with van der Waals surface area (Å²) in [6, 6.07) is 8.44. The Morgan fingerprint density at radius 2 is 1.97 bits per heavy atom. The van der Waals surface area contributed by atoms with Gasteiger partial charge in [-0.25, -0.2) is 8.42 Å². The molecule has 32 heavy (non-hydrogen) atoms. The van der Waals surface area contributed by atoms with Gasteiger partial charge in [-0.1, -0.05) is 12.1 Å². The molecule has 3 rings (SSSR count). The second kappa shape index (κ2) is 11.0. The van der Waals surface area contributed by atoms with E-state index < -0.39 is 22.0 Å². The van der Waals surface area contributed by atoms with Crippen LogP contribution in [0.25, 0.3) is 0 Å². The van der Waals surface area contributed by atoms with Crippen LogP contribution >= 0.6 is 11.3 Å². The third kappa shape index (κ3) is 5.71. The van der Waals surface area contributed by atoms with Gasteiger partial charge in [0.25, 0.3) is 10.0 Å². The van der Waals surface area contributed by atoms with Crippen molar-refractivity contribution >= 4 is 27.3 Å². The topological polar surface area (TPSA) is 114 Å². The standard InChI is InChI=1S/C21H28N2O7S2/c1-28-17-7-3-8-18(29-2)20(17)30-14-16(24)12-22-21(25)15-6-4-10-23(13-15)32(26,27)19-9-5-11-31-19/h3,5,7-9,11,15-16,24H,4,6,10,12-14H2,1-2H3,(H,22,25). The highest BCUT2D eigenvalue weighted by atomic mass is 32.2. The number of amides is 1. The highest BCUT2D eigenvalue weighted by Gasteiger charge is 2.33. The third-order valence-corrected chi connectivity index (χ3v) is 8.40. The molecule has 1 amide bonds. The zero-order valence-electron chi connectivity index (χ0n) is 18.0. The average molecular weight is 485 g/mol. The Labute approximate surface area is 192 Å². The SMILES string of the molecule is COc1cccc(OC)c1OCC(O)CNC(=O)C1CCCN(S(=O)(=O)c2cccs2)C1. The van der Waals surface area contributed by atoms with Crippen LogP contribution in [-0.2, 0) is 14.8 Å². The molecule has 176 valence electrons. The van der Waals surface area contributed by atoms with E-state index in [-0.39, 0.29) is 29.8 Å². The molecule has 1 saturated heterocycles. The molecular weight excluding hydrogens is 456 g/mol. The number of aliphatic hydroxyl groups excluding tert-OH is 1. The molecule has 0 radical (unpaired) electrons. The van der Waals surface area contributed by atoms with Crippen LogP contribution in [0, 0.1) is 5.92 Å². The maximum Gasteiger partial charge on any atom is 0.252 e. The van der Waals surface area contributed by atoms with Gasteiger partial charge in [0.15, 0.2) is 11.5 Å². The minimum atomic E-state index is -3.59. The van der Waals surface area contributed by atoms with Crippen LogP contribution in [0.2, 0.25) is 0 Å². The Bertz CT molecular complexity index is 973. The van der Waals surface area contributed by atoms with Crippen molar-refractivity contribution in [2.45, 2.75) is 23.2 Å². The van der Waals surface area contributed by atoms with Gasteiger partial charge in [-0.05, 0) is 36.4 Å². The van der Waals surface area contributed by atoms with Crippen molar-refractivity contribution in [1.29, 1.82) is 0 Å². The first-order valence-corrected chi connectivity index (χ1v) is 12.5. The Kier molecular flexibility index (Phi) is 8.35. The molecule has 2 unspecified atom stereocenters. The number of ether oxygens (including phenoxy) is 3. The number of para-hydroxylation sites is 1. The van der Waals surface area contributed by atoms with Crippen LogP contribution in [0.1, 0.15) is 12.8 Å². The van der Waals surface area contributed by atoms with Crippen LogP contribution < -0.4 is 19.5 Å². The van der Waals surface area contributed by atoms with Crippen LogP contribution in [0.3, 0.4) is 0 Å². The zero-order valence-corrected chi connectivity index (χ0v) is 19.7. The fourth-order valence-electron chi connectivity index (χ4n) is 3.47. The van der Waals surface area contributed by atoms with E-state index in [0.29, 0.717) is 36.6 Å². The second-order valence-corrected chi connectivity index (χ2v) is 10.4. The molecule has 0 saturated carbocycles. The molecule has 1 aliphatic rings. The second-order valence-electron chi connectivity index (χ2n) is 7.34. The van der Waals surface area contributed by atoms with Crippen molar-refractivity contribution in [2.75, 3.05) is 40.5 Å². The minimum Gasteiger partial charge on any atom is -0.493 e. The first-order valence-electron chi connectivity index (χ1n) is 10.2. The van der Waals surface area contributed by atoms with Crippen molar-refractivity contribution < 1.29 is 32.5 Å². The molecule has 1 aliphatic heterocycles. The summed E-state index contributed by atoms with van der Waals surface area (Å²) < 4.78 is 43.3. The fraction of sp³-hybridized carbons (Fsp3) is 0.476. The molecule has 1 fully saturated rings. The van der Waals surface area contributed by atoms with E-state index >= 15 is 0 Å². The van der Waals surface area contributed by atoms with E-state index in [1.165, 1.54) is 18.5 Å². The van der Waals surface area contributed by atoms with E-state index in [9.17, 15) is 18.3 Å². The lowest BCUT2D eigenvalue weighted by Gasteiger charge is -2.31. The molecule has 11 heteroatoms. The van der Waals surface area contributed by atoms with Gasteiger partial charge in [0, 0.05) is 19.6 Å². The Balaban J connectivity index is 1.51. The molecule has 1 aromatic heterocycles. The summed E-state index contributed by atoms with van der Waals surface area (Å²) in [7, 11) is -0.581. The van der Waals surface area contributed by atoms with E-state index in [1.807, 2.05) is 0 Å². The van der Waals surface area contributed by atoms with E-state index in [1.54, 1.807) is 35.7 Å². The number of sulfonamides is 1. The van der Waals surface area contributed by atoms with Crippen molar-refractivity contribution in [1.82, 2.24) is 9.62 Å². The predicted molar refractivity (Wildman–Crippen MR) is 120 cm³/mol. The average Bonchev–Trinajstić information content (AvgIpc) is 3.37. The number of piperidine rings is 1. The number of carbonyl (C=O) groups is 1. The zero-order chi connectivity index (χ0) is 23.1. The van der Waals surface area contributed by atoms with Crippen molar-refractivity contribution in [2.24, 2.45) is 5.92 Å². The number of hydrogen-bond donors (Lipinski definition) is 2. The lowest BCUT2D eigenvalue weighted by molar-refractivity contribution is -0.126. The van der Waals surface area contributed by atoms with Gasteiger partial charge in [0.1, 0.15) is 16.9 Å². The van der Waals surface area contributed by atoms with Crippen LogP contribution in [-0.4, -0.2) is 70.3 Å². The normalized spacial score (nSPS) is 18.0. The lowest BCUT2D eigenvalue weighted by Crippen LogP contribution is -2.46. The molecule has 2 heterocycles. The number of carbonyl (C=O) groups excluding carboxylic acids is 1. The molecule has 1 aromatic carbocycles. The molecule has 2 aromatic rings. The van der Waals surface area contributed by atoms with E-state index in [2.05, 4.69) is 5.32 Å². The number of nitrogens with one attached hydrogen (secondary N) is 1. The molecule has 2 atom stereocenters. The summed E-state index contributed by atoms with van der Waals surface area (Å²) in [5, 5.41) is 14.7. The molecule has 2 N–H and O–H groups in total. The first kappa shape index (κ1) is 24.3. The van der Waals surface area contributed by atoms with Crippen molar-refractivity contribution in [3.63, 3.8) is 0 Å². The molecule has 9 nitrogen and oxygen atoms in total. The maximum atomic E-state index is 12.7. The Morgan fingerprint density at radius 3 is 2.59 bits per heavy atom. The highest BCUT2D eigenvalue weighted by molar-refractivity contribution is 7.91. The van der Waals surface area contributed by atoms with E-state index in [4.69, 9.17) is 14.2 Å². The highest BCUT2D eigenvalue weighted by Crippen LogP contribution is 2.36. The summed E-state index contributed by atoms with van der Waals surface area (Å²) >= 11 is 1.16. The summed E-state index contributed by atoms with van der Waals surface area (Å²) in [6.45, 7) is 0.406. The van der Waals surface area contributed by atoms with Gasteiger partial charge in [-0.3, -0.25) is 4.79 Å². The third-order valence-electron chi connectivity index (χ3n) is 5.16. The number of nitrogens with zero attached hydrogens (tertiary/aromatic N) is 1. The number of rotatable bonds is 10. The smallest absolute Gasteiger partial charge is 0.252 e. The summed E-state index contributed by atoms with van der Waals surface area (Å²) in [5.41, 5.74) is 0. The van der Waals surface area contributed by atoms with Gasteiger partial charge in [0.2, 0.25) is 11.7 Å².